The third-order valence-corrected chi connectivity index (χ3v) is 6.53. The molecule has 1 saturated carbocycles. The summed E-state index contributed by atoms with van der Waals surface area (Å²) in [5.74, 6) is -0.0500. The minimum absolute atomic E-state index is 0.0248. The molecule has 1 amide bonds. The topological polar surface area (TPSA) is 46.9 Å². The molecule has 0 spiro atoms. The van der Waals surface area contributed by atoms with E-state index in [1.54, 1.807) is 0 Å². The predicted octanol–water partition coefficient (Wildman–Crippen LogP) is 5.42. The quantitative estimate of drug-likeness (QED) is 0.691. The van der Waals surface area contributed by atoms with Gasteiger partial charge in [-0.25, -0.2) is 0 Å². The molecule has 1 aromatic heterocycles. The zero-order valence-electron chi connectivity index (χ0n) is 16.6. The molecule has 30 heavy (non-hydrogen) atoms. The number of carbonyl (C=O) groups excluding carboxylic acids is 1. The molecular formula is C22H25ClF3N3O. The minimum atomic E-state index is -4.51. The highest BCUT2D eigenvalue weighted by molar-refractivity contribution is 6.33. The van der Waals surface area contributed by atoms with E-state index in [1.807, 2.05) is 0 Å². The Kier molecular flexibility index (Phi) is 6.09. The molecule has 0 aliphatic heterocycles. The molecule has 0 radical (unpaired) electrons. The van der Waals surface area contributed by atoms with Crippen molar-refractivity contribution in [2.75, 3.05) is 0 Å². The number of hydrogen-bond donors (Lipinski definition) is 1. The van der Waals surface area contributed by atoms with Crippen molar-refractivity contribution in [2.24, 2.45) is 5.92 Å². The highest BCUT2D eigenvalue weighted by Crippen LogP contribution is 2.32. The minimum Gasteiger partial charge on any atom is -0.349 e. The molecule has 1 N–H and O–H groups in total. The first-order chi connectivity index (χ1) is 14.3. The number of aryl methyl sites for hydroxylation is 2. The van der Waals surface area contributed by atoms with Crippen molar-refractivity contribution in [3.63, 3.8) is 0 Å². The molecule has 0 saturated heterocycles. The van der Waals surface area contributed by atoms with Crippen LogP contribution in [-0.4, -0.2) is 21.7 Å². The van der Waals surface area contributed by atoms with Gasteiger partial charge in [0.2, 0.25) is 0 Å². The summed E-state index contributed by atoms with van der Waals surface area (Å²) in [6.07, 6.45) is 5.80. The van der Waals surface area contributed by atoms with Crippen molar-refractivity contribution >= 4 is 17.5 Å². The lowest BCUT2D eigenvalue weighted by Gasteiger charge is -2.29. The molecular weight excluding hydrogens is 415 g/mol. The van der Waals surface area contributed by atoms with Crippen molar-refractivity contribution in [2.45, 2.75) is 70.1 Å². The van der Waals surface area contributed by atoms with Crippen molar-refractivity contribution in [1.82, 2.24) is 15.1 Å². The fourth-order valence-electron chi connectivity index (χ4n) is 4.52. The monoisotopic (exact) mass is 439 g/mol. The Labute approximate surface area is 178 Å². The molecule has 2 aromatic rings. The summed E-state index contributed by atoms with van der Waals surface area (Å²) in [5.41, 5.74) is 1.61. The number of halogens is 4. The van der Waals surface area contributed by atoms with Gasteiger partial charge in [0.15, 0.2) is 0 Å². The first-order valence-corrected chi connectivity index (χ1v) is 10.9. The van der Waals surface area contributed by atoms with Crippen molar-refractivity contribution in [3.8, 4) is 0 Å². The number of hydrogen-bond acceptors (Lipinski definition) is 2. The van der Waals surface area contributed by atoms with Gasteiger partial charge in [0.25, 0.3) is 5.91 Å². The van der Waals surface area contributed by atoms with Crippen LogP contribution in [0.15, 0.2) is 24.4 Å². The van der Waals surface area contributed by atoms with Crippen LogP contribution >= 0.6 is 11.6 Å². The van der Waals surface area contributed by atoms with Gasteiger partial charge in [0.1, 0.15) is 0 Å². The lowest BCUT2D eigenvalue weighted by atomic mass is 9.86. The number of carbonyl (C=O) groups is 1. The van der Waals surface area contributed by atoms with Crippen LogP contribution in [-0.2, 0) is 25.6 Å². The summed E-state index contributed by atoms with van der Waals surface area (Å²) in [5, 5.41) is 7.62. The van der Waals surface area contributed by atoms with E-state index < -0.39 is 17.6 Å². The Morgan fingerprint density at radius 3 is 2.60 bits per heavy atom. The van der Waals surface area contributed by atoms with Crippen molar-refractivity contribution < 1.29 is 18.0 Å². The molecule has 2 aliphatic rings. The molecule has 2 aliphatic carbocycles. The third kappa shape index (κ3) is 4.82. The number of aromatic nitrogens is 2. The first kappa shape index (κ1) is 21.2. The van der Waals surface area contributed by atoms with E-state index in [0.717, 1.165) is 63.3 Å². The number of rotatable bonds is 4. The van der Waals surface area contributed by atoms with Crippen LogP contribution in [0, 0.1) is 5.92 Å². The summed E-state index contributed by atoms with van der Waals surface area (Å²) in [7, 11) is 0. The lowest BCUT2D eigenvalue weighted by Crippen LogP contribution is -2.38. The summed E-state index contributed by atoms with van der Waals surface area (Å²) in [6.45, 7) is 0.882. The fourth-order valence-corrected chi connectivity index (χ4v) is 4.72. The Hall–Kier alpha value is -2.02. The van der Waals surface area contributed by atoms with Gasteiger partial charge in [-0.05, 0) is 81.0 Å². The summed E-state index contributed by atoms with van der Waals surface area (Å²) < 4.78 is 40.9. The number of benzene rings is 1. The molecule has 4 rings (SSSR count). The van der Waals surface area contributed by atoms with Gasteiger partial charge in [-0.3, -0.25) is 9.48 Å². The average molecular weight is 440 g/mol. The molecule has 1 fully saturated rings. The molecule has 0 unspecified atom stereocenters. The number of nitrogens with one attached hydrogen (secondary N) is 1. The molecule has 1 heterocycles. The second kappa shape index (κ2) is 8.61. The summed E-state index contributed by atoms with van der Waals surface area (Å²) in [6, 6.07) is 2.78. The van der Waals surface area contributed by atoms with E-state index in [1.165, 1.54) is 24.1 Å². The van der Waals surface area contributed by atoms with E-state index in [-0.39, 0.29) is 16.6 Å². The van der Waals surface area contributed by atoms with E-state index >= 15 is 0 Å². The third-order valence-electron chi connectivity index (χ3n) is 6.20. The normalized spacial score (nSPS) is 21.9. The maximum Gasteiger partial charge on any atom is 0.416 e. The van der Waals surface area contributed by atoms with Gasteiger partial charge in [-0.1, -0.05) is 11.6 Å². The van der Waals surface area contributed by atoms with Crippen molar-refractivity contribution in [3.05, 3.63) is 51.8 Å². The molecule has 162 valence electrons. The Balaban J connectivity index is 1.31. The van der Waals surface area contributed by atoms with Crippen LogP contribution in [0.2, 0.25) is 5.02 Å². The van der Waals surface area contributed by atoms with E-state index in [0.29, 0.717) is 5.92 Å². The number of fused-ring (bicyclic) bond motifs is 1. The van der Waals surface area contributed by atoms with Crippen LogP contribution in [0.1, 0.15) is 65.7 Å². The molecule has 4 nitrogen and oxygen atoms in total. The zero-order chi connectivity index (χ0) is 21.3. The smallest absolute Gasteiger partial charge is 0.349 e. The van der Waals surface area contributed by atoms with E-state index in [9.17, 15) is 18.0 Å². The van der Waals surface area contributed by atoms with Gasteiger partial charge in [0, 0.05) is 18.8 Å². The second-order valence-electron chi connectivity index (χ2n) is 8.41. The lowest BCUT2D eigenvalue weighted by molar-refractivity contribution is -0.137. The maximum atomic E-state index is 12.9. The molecule has 0 atom stereocenters. The number of nitrogens with zero attached hydrogens (tertiary/aromatic N) is 2. The van der Waals surface area contributed by atoms with Crippen LogP contribution < -0.4 is 5.32 Å². The van der Waals surface area contributed by atoms with E-state index in [4.69, 9.17) is 16.7 Å². The van der Waals surface area contributed by atoms with Gasteiger partial charge in [-0.15, -0.1) is 0 Å². The second-order valence-corrected chi connectivity index (χ2v) is 8.82. The fraction of sp³-hybridized carbons (Fsp3) is 0.545. The number of alkyl halides is 3. The van der Waals surface area contributed by atoms with Crippen molar-refractivity contribution in [1.29, 1.82) is 0 Å². The van der Waals surface area contributed by atoms with Gasteiger partial charge >= 0.3 is 6.18 Å². The number of amides is 1. The van der Waals surface area contributed by atoms with Crippen LogP contribution in [0.4, 0.5) is 13.2 Å². The molecule has 8 heteroatoms. The summed E-state index contributed by atoms with van der Waals surface area (Å²) in [4.78, 5) is 12.5. The Bertz CT molecular complexity index is 893. The van der Waals surface area contributed by atoms with Crippen LogP contribution in [0.25, 0.3) is 0 Å². The van der Waals surface area contributed by atoms with Crippen LogP contribution in [0.5, 0.6) is 0 Å². The standard InChI is InChI=1S/C22H25ClF3N3O/c23-19-10-7-16(22(24,25)26)11-18(19)21(30)27-17-8-5-14(6-9-17)12-29-13-15-3-1-2-4-20(15)28-29/h7,10-11,13-14,17H,1-6,8-9,12H2,(H,27,30). The first-order valence-electron chi connectivity index (χ1n) is 10.5. The maximum absolute atomic E-state index is 12.9. The Morgan fingerprint density at radius 2 is 1.90 bits per heavy atom. The van der Waals surface area contributed by atoms with Crippen LogP contribution in [0.3, 0.4) is 0 Å². The largest absolute Gasteiger partial charge is 0.416 e. The SMILES string of the molecule is O=C(NC1CCC(Cn2cc3c(n2)CCCC3)CC1)c1cc(C(F)(F)F)ccc1Cl. The highest BCUT2D eigenvalue weighted by Gasteiger charge is 2.32. The Morgan fingerprint density at radius 1 is 1.17 bits per heavy atom. The molecule has 0 bridgehead atoms. The molecule has 1 aromatic carbocycles. The zero-order valence-corrected chi connectivity index (χ0v) is 17.4. The average Bonchev–Trinajstić information content (AvgIpc) is 3.11. The highest BCUT2D eigenvalue weighted by atomic mass is 35.5. The van der Waals surface area contributed by atoms with Gasteiger partial charge in [-0.2, -0.15) is 18.3 Å². The van der Waals surface area contributed by atoms with Gasteiger partial charge in [0.05, 0.1) is 21.8 Å². The summed E-state index contributed by atoms with van der Waals surface area (Å²) >= 11 is 5.98. The van der Waals surface area contributed by atoms with Gasteiger partial charge < -0.3 is 5.32 Å². The van der Waals surface area contributed by atoms with E-state index in [2.05, 4.69) is 16.2 Å². The predicted molar refractivity (Wildman–Crippen MR) is 109 cm³/mol.